The number of hydrogen-bond acceptors (Lipinski definition) is 5. The molecule has 0 aliphatic carbocycles. The van der Waals surface area contributed by atoms with Crippen molar-refractivity contribution in [2.45, 2.75) is 20.8 Å². The molecule has 6 heteroatoms. The number of rotatable bonds is 3. The Morgan fingerprint density at radius 3 is 2.58 bits per heavy atom. The lowest BCUT2D eigenvalue weighted by atomic mass is 9.91. The van der Waals surface area contributed by atoms with Crippen molar-refractivity contribution in [1.29, 1.82) is 0 Å². The van der Waals surface area contributed by atoms with Crippen LogP contribution in [-0.2, 0) is 11.8 Å². The van der Waals surface area contributed by atoms with E-state index in [4.69, 9.17) is 4.74 Å². The van der Waals surface area contributed by atoms with Crippen LogP contribution < -0.4 is 19.5 Å². The molecule has 0 amide bonds. The van der Waals surface area contributed by atoms with Gasteiger partial charge < -0.3 is 14.4 Å². The predicted octanol–water partition coefficient (Wildman–Crippen LogP) is 1.39. The number of Topliss-reactive ketones (excluding diaryl/α,β-unsaturated/α-hetero) is 1. The van der Waals surface area contributed by atoms with Gasteiger partial charge in [-0.1, -0.05) is 26.8 Å². The molecule has 0 saturated heterocycles. The van der Waals surface area contributed by atoms with Gasteiger partial charge in [-0.05, 0) is 23.8 Å². The molecule has 1 aromatic carbocycles. The monoisotopic (exact) mass is 347 g/mol. The number of benzene rings is 1. The fourth-order valence-corrected chi connectivity index (χ4v) is 3.00. The average molecular weight is 347 g/mol. The highest BCUT2D eigenvalue weighted by molar-refractivity contribution is 7.07. The first-order chi connectivity index (χ1) is 11.1. The van der Waals surface area contributed by atoms with Crippen molar-refractivity contribution in [1.82, 2.24) is 4.57 Å². The molecule has 128 valence electrons. The van der Waals surface area contributed by atoms with Gasteiger partial charge in [0.2, 0.25) is 0 Å². The molecule has 2 aromatic rings. The van der Waals surface area contributed by atoms with E-state index in [9.17, 15) is 14.7 Å². The van der Waals surface area contributed by atoms with Crippen LogP contribution in [0.15, 0.2) is 23.0 Å². The van der Waals surface area contributed by atoms with Gasteiger partial charge in [-0.3, -0.25) is 9.59 Å². The first-order valence-electron chi connectivity index (χ1n) is 7.44. The maximum Gasteiger partial charge on any atom is 0.268 e. The summed E-state index contributed by atoms with van der Waals surface area (Å²) in [6, 6.07) is 4.86. The number of aromatic hydroxyl groups is 1. The van der Waals surface area contributed by atoms with Crippen molar-refractivity contribution in [3.63, 3.8) is 0 Å². The van der Waals surface area contributed by atoms with Gasteiger partial charge in [-0.25, -0.2) is 0 Å². The van der Waals surface area contributed by atoms with Gasteiger partial charge in [-0.15, -0.1) is 11.3 Å². The number of methoxy groups -OCH3 is 1. The molecule has 1 heterocycles. The summed E-state index contributed by atoms with van der Waals surface area (Å²) in [6.07, 6.45) is 3.23. The van der Waals surface area contributed by atoms with Crippen molar-refractivity contribution < 1.29 is 14.6 Å². The zero-order valence-electron chi connectivity index (χ0n) is 14.4. The Balaban J connectivity index is 2.58. The highest BCUT2D eigenvalue weighted by Gasteiger charge is 2.19. The molecule has 1 aromatic heterocycles. The van der Waals surface area contributed by atoms with Crippen LogP contribution in [0.1, 0.15) is 26.3 Å². The summed E-state index contributed by atoms with van der Waals surface area (Å²) >= 11 is 1.26. The molecular formula is C18H21NO4S. The lowest BCUT2D eigenvalue weighted by Crippen LogP contribution is -2.30. The summed E-state index contributed by atoms with van der Waals surface area (Å²) < 4.78 is 7.66. The molecule has 2 rings (SSSR count). The molecule has 0 saturated carbocycles. The fourth-order valence-electron chi connectivity index (χ4n) is 1.97. The van der Waals surface area contributed by atoms with Crippen molar-refractivity contribution in [3.05, 3.63) is 43.3 Å². The Bertz CT molecular complexity index is 945. The van der Waals surface area contributed by atoms with Gasteiger partial charge in [0.25, 0.3) is 5.56 Å². The first-order valence-corrected chi connectivity index (χ1v) is 8.26. The average Bonchev–Trinajstić information content (AvgIpc) is 2.76. The molecule has 0 bridgehead atoms. The molecule has 0 fully saturated rings. The van der Waals surface area contributed by atoms with E-state index in [1.54, 1.807) is 25.3 Å². The molecule has 1 N–H and O–H groups in total. The van der Waals surface area contributed by atoms with Gasteiger partial charge in [0.15, 0.2) is 17.3 Å². The van der Waals surface area contributed by atoms with Crippen LogP contribution in [0.4, 0.5) is 0 Å². The van der Waals surface area contributed by atoms with E-state index in [0.29, 0.717) is 14.9 Å². The van der Waals surface area contributed by atoms with Crippen LogP contribution in [0, 0.1) is 5.41 Å². The number of carbonyl (C=O) groups excluding carboxylic acids is 1. The molecule has 0 unspecified atom stereocenters. The number of hydrogen-bond donors (Lipinski definition) is 1. The second-order valence-electron chi connectivity index (χ2n) is 6.50. The van der Waals surface area contributed by atoms with Gasteiger partial charge >= 0.3 is 0 Å². The van der Waals surface area contributed by atoms with Crippen LogP contribution in [0.5, 0.6) is 11.5 Å². The summed E-state index contributed by atoms with van der Waals surface area (Å²) in [5, 5.41) is 9.63. The van der Waals surface area contributed by atoms with E-state index in [-0.39, 0.29) is 17.1 Å². The summed E-state index contributed by atoms with van der Waals surface area (Å²) in [7, 11) is 3.11. The largest absolute Gasteiger partial charge is 0.504 e. The molecule has 5 nitrogen and oxygen atoms in total. The quantitative estimate of drug-likeness (QED) is 0.911. The highest BCUT2D eigenvalue weighted by atomic mass is 32.1. The van der Waals surface area contributed by atoms with E-state index in [2.05, 4.69) is 0 Å². The van der Waals surface area contributed by atoms with Crippen LogP contribution in [-0.4, -0.2) is 22.6 Å². The zero-order valence-corrected chi connectivity index (χ0v) is 15.2. The van der Waals surface area contributed by atoms with Gasteiger partial charge in [0, 0.05) is 18.5 Å². The van der Waals surface area contributed by atoms with E-state index in [1.807, 2.05) is 20.8 Å². The standard InChI is InChI=1S/C18H21NO4S/c1-18(2,3)15(21)10-16-19(4)17(22)14(24-16)9-11-6-7-12(20)13(8-11)23-5/h6-10,20H,1-5H3/b14-9+,16-10+. The SMILES string of the molecule is COc1cc(/C=c2/s/c(=C/C(=O)C(C)(C)C)n(C)c2=O)ccc1O. The number of aromatic nitrogens is 1. The number of ketones is 1. The van der Waals surface area contributed by atoms with Crippen molar-refractivity contribution in [2.24, 2.45) is 12.5 Å². The Kier molecular flexibility index (Phi) is 4.99. The topological polar surface area (TPSA) is 68.5 Å². The van der Waals surface area contributed by atoms with E-state index in [1.165, 1.54) is 35.2 Å². The third-order valence-corrected chi connectivity index (χ3v) is 4.67. The van der Waals surface area contributed by atoms with Gasteiger partial charge in [0.1, 0.15) is 4.66 Å². The Morgan fingerprint density at radius 1 is 1.33 bits per heavy atom. The molecule has 24 heavy (non-hydrogen) atoms. The highest BCUT2D eigenvalue weighted by Crippen LogP contribution is 2.26. The summed E-state index contributed by atoms with van der Waals surface area (Å²) in [6.45, 7) is 5.52. The normalized spacial score (nSPS) is 13.4. The van der Waals surface area contributed by atoms with Crippen molar-refractivity contribution in [2.75, 3.05) is 7.11 Å². The number of phenols is 1. The number of nitrogens with zero attached hydrogens (tertiary/aromatic N) is 1. The van der Waals surface area contributed by atoms with E-state index < -0.39 is 5.41 Å². The van der Waals surface area contributed by atoms with E-state index in [0.717, 1.165) is 5.56 Å². The Hall–Kier alpha value is -2.34. The first kappa shape index (κ1) is 18.0. The number of thiazole rings is 1. The minimum absolute atomic E-state index is 0.0304. The van der Waals surface area contributed by atoms with Gasteiger partial charge in [0.05, 0.1) is 11.6 Å². The van der Waals surface area contributed by atoms with Crippen LogP contribution in [0.25, 0.3) is 12.2 Å². The molecule has 0 atom stereocenters. The van der Waals surface area contributed by atoms with Crippen LogP contribution in [0.2, 0.25) is 0 Å². The van der Waals surface area contributed by atoms with Crippen molar-refractivity contribution in [3.8, 4) is 11.5 Å². The zero-order chi connectivity index (χ0) is 18.1. The molecule has 0 aliphatic rings. The van der Waals surface area contributed by atoms with Crippen molar-refractivity contribution >= 4 is 29.3 Å². The number of ether oxygens (including phenoxy) is 1. The fraction of sp³-hybridized carbons (Fsp3) is 0.333. The lowest BCUT2D eigenvalue weighted by Gasteiger charge is -2.12. The third kappa shape index (κ3) is 3.76. The second kappa shape index (κ2) is 6.65. The smallest absolute Gasteiger partial charge is 0.268 e. The molecule has 0 spiro atoms. The summed E-state index contributed by atoms with van der Waals surface area (Å²) in [5.41, 5.74) is 0.0751. The molecule has 0 radical (unpaired) electrons. The van der Waals surface area contributed by atoms with Crippen LogP contribution in [0.3, 0.4) is 0 Å². The number of phenolic OH excluding ortho intramolecular Hbond substituents is 1. The minimum atomic E-state index is -0.492. The maximum atomic E-state index is 12.4. The van der Waals surface area contributed by atoms with Crippen LogP contribution >= 0.6 is 11.3 Å². The summed E-state index contributed by atoms with van der Waals surface area (Å²) in [4.78, 5) is 24.5. The predicted molar refractivity (Wildman–Crippen MR) is 96.0 cm³/mol. The Morgan fingerprint density at radius 2 is 2.00 bits per heavy atom. The molecule has 0 aliphatic heterocycles. The van der Waals surface area contributed by atoms with Gasteiger partial charge in [-0.2, -0.15) is 0 Å². The maximum absolute atomic E-state index is 12.4. The Labute approximate surface area is 144 Å². The number of carbonyl (C=O) groups is 1. The third-order valence-electron chi connectivity index (χ3n) is 3.56. The molecular weight excluding hydrogens is 326 g/mol. The second-order valence-corrected chi connectivity index (χ2v) is 7.57. The lowest BCUT2D eigenvalue weighted by molar-refractivity contribution is -0.120. The van der Waals surface area contributed by atoms with E-state index >= 15 is 0 Å². The summed E-state index contributed by atoms with van der Waals surface area (Å²) in [5.74, 6) is 0.350. The minimum Gasteiger partial charge on any atom is -0.504 e.